The number of fused-ring (bicyclic) bond motifs is 1. The third kappa shape index (κ3) is 3.40. The molecule has 9 heteroatoms. The molecule has 0 saturated heterocycles. The molecule has 2 heterocycles. The first-order chi connectivity index (χ1) is 11.1. The van der Waals surface area contributed by atoms with E-state index in [0.29, 0.717) is 5.13 Å². The molecule has 0 aliphatic rings. The Balaban J connectivity index is 1.88. The third-order valence-corrected chi connectivity index (χ3v) is 4.66. The van der Waals surface area contributed by atoms with Gasteiger partial charge in [-0.2, -0.15) is 0 Å². The second kappa shape index (κ2) is 6.47. The Labute approximate surface area is 137 Å². The summed E-state index contributed by atoms with van der Waals surface area (Å²) in [6.45, 7) is 1.98. The Hall–Kier alpha value is -2.26. The first kappa shape index (κ1) is 15.6. The Bertz CT molecular complexity index is 938. The van der Waals surface area contributed by atoms with Gasteiger partial charge in [-0.25, -0.2) is 4.39 Å². The normalized spacial score (nSPS) is 10.9. The minimum atomic E-state index is -0.613. The molecule has 0 radical (unpaired) electrons. The highest BCUT2D eigenvalue weighted by atomic mass is 32.2. The lowest BCUT2D eigenvalue weighted by molar-refractivity contribution is 0.0997. The second-order valence-corrected chi connectivity index (χ2v) is 6.86. The summed E-state index contributed by atoms with van der Waals surface area (Å²) in [5.74, 6) is -0.484. The van der Waals surface area contributed by atoms with E-state index in [0.717, 1.165) is 28.3 Å². The van der Waals surface area contributed by atoms with Gasteiger partial charge in [0.25, 0.3) is 5.91 Å². The molecule has 3 aromatic rings. The number of rotatable bonds is 4. The van der Waals surface area contributed by atoms with E-state index in [1.54, 1.807) is 0 Å². The molecule has 118 valence electrons. The van der Waals surface area contributed by atoms with Crippen LogP contribution in [-0.4, -0.2) is 21.9 Å². The molecule has 3 rings (SSSR count). The fraction of sp³-hybridized carbons (Fsp3) is 0.143. The van der Waals surface area contributed by atoms with E-state index in [2.05, 4.69) is 15.5 Å². The van der Waals surface area contributed by atoms with E-state index in [1.807, 2.05) is 6.92 Å². The Morgan fingerprint density at radius 3 is 3.00 bits per heavy atom. The van der Waals surface area contributed by atoms with Crippen LogP contribution in [0.2, 0.25) is 0 Å². The van der Waals surface area contributed by atoms with Crippen LogP contribution in [0.4, 0.5) is 9.52 Å². The molecule has 0 atom stereocenters. The third-order valence-electron chi connectivity index (χ3n) is 2.81. The Kier molecular flexibility index (Phi) is 4.39. The Morgan fingerprint density at radius 1 is 1.39 bits per heavy atom. The van der Waals surface area contributed by atoms with Crippen LogP contribution in [0.3, 0.4) is 0 Å². The van der Waals surface area contributed by atoms with Gasteiger partial charge in [-0.1, -0.05) is 30.0 Å². The van der Waals surface area contributed by atoms with Crippen LogP contribution < -0.4 is 10.7 Å². The molecule has 0 unspecified atom stereocenters. The van der Waals surface area contributed by atoms with Crippen molar-refractivity contribution in [3.8, 4) is 0 Å². The van der Waals surface area contributed by atoms with Gasteiger partial charge >= 0.3 is 0 Å². The van der Waals surface area contributed by atoms with Crippen LogP contribution >= 0.6 is 23.1 Å². The SMILES string of the molecule is CCSc1nnc(NC(=O)c2cc(=O)c3cc(F)ccc3o2)s1. The molecule has 0 fully saturated rings. The van der Waals surface area contributed by atoms with Gasteiger partial charge in [-0.05, 0) is 24.0 Å². The lowest BCUT2D eigenvalue weighted by Gasteiger charge is -2.02. The van der Waals surface area contributed by atoms with Gasteiger partial charge in [-0.3, -0.25) is 14.9 Å². The van der Waals surface area contributed by atoms with E-state index in [9.17, 15) is 14.0 Å². The van der Waals surface area contributed by atoms with Crippen LogP contribution in [-0.2, 0) is 0 Å². The van der Waals surface area contributed by atoms with Crippen LogP contribution in [0.1, 0.15) is 17.5 Å². The average molecular weight is 351 g/mol. The molecule has 0 saturated carbocycles. The Morgan fingerprint density at radius 2 is 2.22 bits per heavy atom. The first-order valence-electron chi connectivity index (χ1n) is 6.58. The zero-order valence-electron chi connectivity index (χ0n) is 11.8. The second-order valence-electron chi connectivity index (χ2n) is 4.38. The van der Waals surface area contributed by atoms with E-state index >= 15 is 0 Å². The average Bonchev–Trinajstić information content (AvgIpc) is 2.95. The number of nitrogens with one attached hydrogen (secondary N) is 1. The van der Waals surface area contributed by atoms with Crippen molar-refractivity contribution in [2.45, 2.75) is 11.3 Å². The minimum absolute atomic E-state index is 0.0825. The lowest BCUT2D eigenvalue weighted by atomic mass is 10.2. The smallest absolute Gasteiger partial charge is 0.293 e. The summed E-state index contributed by atoms with van der Waals surface area (Å²) in [6, 6.07) is 4.57. The number of anilines is 1. The molecule has 6 nitrogen and oxygen atoms in total. The topological polar surface area (TPSA) is 85.1 Å². The molecule has 0 aliphatic heterocycles. The molecule has 0 aliphatic carbocycles. The molecule has 0 bridgehead atoms. The largest absolute Gasteiger partial charge is 0.451 e. The number of halogens is 1. The number of carbonyl (C=O) groups excluding carboxylic acids is 1. The number of benzene rings is 1. The number of thioether (sulfide) groups is 1. The molecule has 1 aromatic carbocycles. The molecular weight excluding hydrogens is 341 g/mol. The van der Waals surface area contributed by atoms with Gasteiger partial charge < -0.3 is 4.42 Å². The van der Waals surface area contributed by atoms with Gasteiger partial charge in [-0.15, -0.1) is 10.2 Å². The van der Waals surface area contributed by atoms with Crippen molar-refractivity contribution in [2.24, 2.45) is 0 Å². The molecule has 23 heavy (non-hydrogen) atoms. The number of aromatic nitrogens is 2. The summed E-state index contributed by atoms with van der Waals surface area (Å²) in [7, 11) is 0. The zero-order chi connectivity index (χ0) is 16.4. The van der Waals surface area contributed by atoms with Gasteiger partial charge in [0, 0.05) is 6.07 Å². The van der Waals surface area contributed by atoms with Crippen molar-refractivity contribution in [1.82, 2.24) is 10.2 Å². The van der Waals surface area contributed by atoms with Crippen molar-refractivity contribution >= 4 is 45.1 Å². The van der Waals surface area contributed by atoms with E-state index < -0.39 is 17.2 Å². The number of hydrogen-bond donors (Lipinski definition) is 1. The number of carbonyl (C=O) groups is 1. The highest BCUT2D eigenvalue weighted by Gasteiger charge is 2.15. The predicted octanol–water partition coefficient (Wildman–Crippen LogP) is 3.15. The minimum Gasteiger partial charge on any atom is -0.451 e. The number of amides is 1. The van der Waals surface area contributed by atoms with E-state index in [1.165, 1.54) is 29.2 Å². The molecule has 2 aromatic heterocycles. The van der Waals surface area contributed by atoms with Gasteiger partial charge in [0.2, 0.25) is 5.13 Å². The summed E-state index contributed by atoms with van der Waals surface area (Å²) >= 11 is 2.74. The lowest BCUT2D eigenvalue weighted by Crippen LogP contribution is -2.14. The molecule has 0 spiro atoms. The standard InChI is InChI=1S/C14H10FN3O3S2/c1-2-22-14-18-17-13(23-14)16-12(20)11-6-9(19)8-5-7(15)3-4-10(8)21-11/h3-6H,2H2,1H3,(H,16,17,20). The summed E-state index contributed by atoms with van der Waals surface area (Å²) in [5.41, 5.74) is -0.348. The summed E-state index contributed by atoms with van der Waals surface area (Å²) in [5, 5.41) is 10.7. The maximum atomic E-state index is 13.2. The molecular formula is C14H10FN3O3S2. The highest BCUT2D eigenvalue weighted by molar-refractivity contribution is 8.01. The van der Waals surface area contributed by atoms with Crippen LogP contribution in [0, 0.1) is 5.82 Å². The summed E-state index contributed by atoms with van der Waals surface area (Å²) < 4.78 is 19.2. The van der Waals surface area contributed by atoms with Crippen molar-refractivity contribution < 1.29 is 13.6 Å². The van der Waals surface area contributed by atoms with E-state index in [4.69, 9.17) is 4.42 Å². The summed E-state index contributed by atoms with van der Waals surface area (Å²) in [6.07, 6.45) is 0. The fourth-order valence-corrected chi connectivity index (χ4v) is 3.49. The maximum absolute atomic E-state index is 13.2. The molecule has 1 amide bonds. The highest BCUT2D eigenvalue weighted by Crippen LogP contribution is 2.25. The molecule has 1 N–H and O–H groups in total. The zero-order valence-corrected chi connectivity index (χ0v) is 13.5. The fourth-order valence-electron chi connectivity index (χ4n) is 1.84. The predicted molar refractivity (Wildman–Crippen MR) is 86.7 cm³/mol. The van der Waals surface area contributed by atoms with Crippen LogP contribution in [0.5, 0.6) is 0 Å². The van der Waals surface area contributed by atoms with Gasteiger partial charge in [0.1, 0.15) is 11.4 Å². The first-order valence-corrected chi connectivity index (χ1v) is 8.38. The van der Waals surface area contributed by atoms with Crippen molar-refractivity contribution in [1.29, 1.82) is 0 Å². The number of nitrogens with zero attached hydrogens (tertiary/aromatic N) is 2. The van der Waals surface area contributed by atoms with Crippen LogP contribution in [0.25, 0.3) is 11.0 Å². The van der Waals surface area contributed by atoms with Crippen LogP contribution in [0.15, 0.2) is 37.8 Å². The van der Waals surface area contributed by atoms with Crippen molar-refractivity contribution in [3.63, 3.8) is 0 Å². The maximum Gasteiger partial charge on any atom is 0.293 e. The quantitative estimate of drug-likeness (QED) is 0.574. The van der Waals surface area contributed by atoms with Crippen molar-refractivity contribution in [2.75, 3.05) is 11.1 Å². The van der Waals surface area contributed by atoms with Crippen molar-refractivity contribution in [3.05, 3.63) is 46.1 Å². The van der Waals surface area contributed by atoms with E-state index in [-0.39, 0.29) is 16.7 Å². The summed E-state index contributed by atoms with van der Waals surface area (Å²) in [4.78, 5) is 24.1. The van der Waals surface area contributed by atoms with Gasteiger partial charge in [0.15, 0.2) is 15.5 Å². The monoisotopic (exact) mass is 351 g/mol. The van der Waals surface area contributed by atoms with Gasteiger partial charge in [0.05, 0.1) is 5.39 Å². The number of hydrogen-bond acceptors (Lipinski definition) is 7.